The SMILES string of the molecule is CN(C(=O)CCl)c1ccc2c(c1)oc(=O)n2C. The van der Waals surface area contributed by atoms with E-state index in [2.05, 4.69) is 0 Å². The maximum atomic E-state index is 11.4. The Morgan fingerprint density at radius 1 is 1.53 bits per heavy atom. The van der Waals surface area contributed by atoms with Crippen LogP contribution in [0.1, 0.15) is 0 Å². The molecule has 0 atom stereocenters. The Bertz CT molecular complexity index is 629. The minimum atomic E-state index is -0.427. The normalized spacial score (nSPS) is 10.8. The Kier molecular flexibility index (Phi) is 2.93. The molecule has 0 saturated heterocycles. The predicted octanol–water partition coefficient (Wildman–Crippen LogP) is 1.33. The van der Waals surface area contributed by atoms with Crippen molar-refractivity contribution in [1.82, 2.24) is 4.57 Å². The zero-order valence-electron chi connectivity index (χ0n) is 9.44. The molecule has 0 radical (unpaired) electrons. The van der Waals surface area contributed by atoms with Gasteiger partial charge in [0, 0.05) is 25.8 Å². The molecule has 0 spiro atoms. The monoisotopic (exact) mass is 254 g/mol. The van der Waals surface area contributed by atoms with Crippen LogP contribution in [0, 0.1) is 0 Å². The number of nitrogens with zero attached hydrogens (tertiary/aromatic N) is 2. The Morgan fingerprint density at radius 3 is 2.88 bits per heavy atom. The minimum Gasteiger partial charge on any atom is -0.408 e. The van der Waals surface area contributed by atoms with E-state index in [0.29, 0.717) is 16.8 Å². The summed E-state index contributed by atoms with van der Waals surface area (Å²) >= 11 is 5.48. The van der Waals surface area contributed by atoms with Gasteiger partial charge in [-0.2, -0.15) is 0 Å². The number of rotatable bonds is 2. The summed E-state index contributed by atoms with van der Waals surface area (Å²) in [6, 6.07) is 5.11. The van der Waals surface area contributed by atoms with Crippen molar-refractivity contribution in [3.63, 3.8) is 0 Å². The van der Waals surface area contributed by atoms with E-state index in [-0.39, 0.29) is 11.8 Å². The Labute approximate surface area is 102 Å². The van der Waals surface area contributed by atoms with Crippen molar-refractivity contribution < 1.29 is 9.21 Å². The smallest absolute Gasteiger partial charge is 0.408 e. The number of aromatic nitrogens is 1. The van der Waals surface area contributed by atoms with Gasteiger partial charge in [-0.1, -0.05) is 0 Å². The van der Waals surface area contributed by atoms with Crippen LogP contribution in [-0.2, 0) is 11.8 Å². The average molecular weight is 255 g/mol. The maximum absolute atomic E-state index is 11.4. The molecule has 17 heavy (non-hydrogen) atoms. The summed E-state index contributed by atoms with van der Waals surface area (Å²) < 4.78 is 6.44. The fourth-order valence-corrected chi connectivity index (χ4v) is 1.74. The molecule has 0 aliphatic carbocycles. The first kappa shape index (κ1) is 11.7. The van der Waals surface area contributed by atoms with Gasteiger partial charge in [-0.25, -0.2) is 4.79 Å². The lowest BCUT2D eigenvalue weighted by molar-refractivity contribution is -0.116. The van der Waals surface area contributed by atoms with Crippen molar-refractivity contribution in [2.75, 3.05) is 17.8 Å². The van der Waals surface area contributed by atoms with Crippen LogP contribution in [0.2, 0.25) is 0 Å². The molecule has 1 aromatic heterocycles. The van der Waals surface area contributed by atoms with Crippen molar-refractivity contribution in [2.24, 2.45) is 7.05 Å². The van der Waals surface area contributed by atoms with Crippen molar-refractivity contribution in [3.05, 3.63) is 28.7 Å². The van der Waals surface area contributed by atoms with E-state index in [0.717, 1.165) is 0 Å². The number of aryl methyl sites for hydroxylation is 1. The number of fused-ring (bicyclic) bond motifs is 1. The second-order valence-corrected chi connectivity index (χ2v) is 3.93. The highest BCUT2D eigenvalue weighted by Crippen LogP contribution is 2.20. The van der Waals surface area contributed by atoms with Gasteiger partial charge in [-0.05, 0) is 12.1 Å². The molecule has 0 N–H and O–H groups in total. The number of carbonyl (C=O) groups excluding carboxylic acids is 1. The summed E-state index contributed by atoms with van der Waals surface area (Å²) in [6.45, 7) is 0. The summed E-state index contributed by atoms with van der Waals surface area (Å²) in [5.41, 5.74) is 1.77. The number of oxazole rings is 1. The van der Waals surface area contributed by atoms with Gasteiger partial charge in [-0.15, -0.1) is 11.6 Å². The van der Waals surface area contributed by atoms with Crippen LogP contribution < -0.4 is 10.7 Å². The van der Waals surface area contributed by atoms with Crippen LogP contribution in [0.3, 0.4) is 0 Å². The van der Waals surface area contributed by atoms with Crippen molar-refractivity contribution >= 4 is 34.3 Å². The molecule has 5 nitrogen and oxygen atoms in total. The summed E-state index contributed by atoms with van der Waals surface area (Å²) in [4.78, 5) is 24.1. The van der Waals surface area contributed by atoms with E-state index in [1.165, 1.54) is 9.47 Å². The largest absolute Gasteiger partial charge is 0.419 e. The molecule has 0 saturated carbocycles. The molecule has 1 heterocycles. The fourth-order valence-electron chi connectivity index (χ4n) is 1.56. The molecular formula is C11H11ClN2O3. The Balaban J connectivity index is 2.52. The zero-order chi connectivity index (χ0) is 12.6. The second-order valence-electron chi connectivity index (χ2n) is 3.67. The van der Waals surface area contributed by atoms with Gasteiger partial charge in [0.1, 0.15) is 5.88 Å². The van der Waals surface area contributed by atoms with Crippen LogP contribution in [0.5, 0.6) is 0 Å². The zero-order valence-corrected chi connectivity index (χ0v) is 10.2. The number of hydrogen-bond acceptors (Lipinski definition) is 3. The van der Waals surface area contributed by atoms with E-state index in [9.17, 15) is 9.59 Å². The standard InChI is InChI=1S/C11H11ClN2O3/c1-13(10(15)6-12)7-3-4-8-9(5-7)17-11(16)14(8)2/h3-5H,6H2,1-2H3. The van der Waals surface area contributed by atoms with E-state index >= 15 is 0 Å². The van der Waals surface area contributed by atoms with Crippen LogP contribution in [0.4, 0.5) is 5.69 Å². The van der Waals surface area contributed by atoms with Crippen molar-refractivity contribution in [3.8, 4) is 0 Å². The quantitative estimate of drug-likeness (QED) is 0.760. The third kappa shape index (κ3) is 1.93. The molecule has 6 heteroatoms. The summed E-state index contributed by atoms with van der Waals surface area (Å²) in [5, 5.41) is 0. The van der Waals surface area contributed by atoms with Crippen LogP contribution >= 0.6 is 11.6 Å². The molecule has 0 aliphatic heterocycles. The average Bonchev–Trinajstić information content (AvgIpc) is 2.62. The molecule has 1 aromatic carbocycles. The topological polar surface area (TPSA) is 55.5 Å². The molecule has 0 bridgehead atoms. The summed E-state index contributed by atoms with van der Waals surface area (Å²) in [6.07, 6.45) is 0. The van der Waals surface area contributed by atoms with Gasteiger partial charge in [0.25, 0.3) is 0 Å². The number of amides is 1. The number of benzene rings is 1. The summed E-state index contributed by atoms with van der Waals surface area (Å²) in [5.74, 6) is -0.736. The lowest BCUT2D eigenvalue weighted by atomic mass is 10.2. The van der Waals surface area contributed by atoms with Gasteiger partial charge < -0.3 is 9.32 Å². The van der Waals surface area contributed by atoms with Gasteiger partial charge in [0.15, 0.2) is 5.58 Å². The van der Waals surface area contributed by atoms with E-state index in [1.54, 1.807) is 32.3 Å². The minimum absolute atomic E-state index is 0.0900. The van der Waals surface area contributed by atoms with Gasteiger partial charge >= 0.3 is 5.76 Å². The lowest BCUT2D eigenvalue weighted by Gasteiger charge is -2.15. The summed E-state index contributed by atoms with van der Waals surface area (Å²) in [7, 11) is 3.24. The third-order valence-corrected chi connectivity index (χ3v) is 2.88. The van der Waals surface area contributed by atoms with Crippen LogP contribution in [0.15, 0.2) is 27.4 Å². The van der Waals surface area contributed by atoms with Crippen LogP contribution in [0.25, 0.3) is 11.1 Å². The van der Waals surface area contributed by atoms with Gasteiger partial charge in [-0.3, -0.25) is 9.36 Å². The number of hydrogen-bond donors (Lipinski definition) is 0. The maximum Gasteiger partial charge on any atom is 0.419 e. The number of halogens is 1. The van der Waals surface area contributed by atoms with Crippen molar-refractivity contribution in [1.29, 1.82) is 0 Å². The number of anilines is 1. The molecule has 0 unspecified atom stereocenters. The van der Waals surface area contributed by atoms with E-state index in [1.807, 2.05) is 0 Å². The lowest BCUT2D eigenvalue weighted by Crippen LogP contribution is -2.27. The second kappa shape index (κ2) is 4.25. The first-order chi connectivity index (χ1) is 8.04. The van der Waals surface area contributed by atoms with Gasteiger partial charge in [0.05, 0.1) is 5.52 Å². The van der Waals surface area contributed by atoms with E-state index < -0.39 is 5.76 Å². The molecule has 2 aromatic rings. The fraction of sp³-hybridized carbons (Fsp3) is 0.273. The number of alkyl halides is 1. The molecule has 1 amide bonds. The molecule has 90 valence electrons. The highest BCUT2D eigenvalue weighted by Gasteiger charge is 2.12. The molecular weight excluding hydrogens is 244 g/mol. The third-order valence-electron chi connectivity index (χ3n) is 2.65. The van der Waals surface area contributed by atoms with E-state index in [4.69, 9.17) is 16.0 Å². The van der Waals surface area contributed by atoms with Crippen LogP contribution in [-0.4, -0.2) is 23.4 Å². The molecule has 2 rings (SSSR count). The highest BCUT2D eigenvalue weighted by molar-refractivity contribution is 6.29. The predicted molar refractivity (Wildman–Crippen MR) is 65.6 cm³/mol. The highest BCUT2D eigenvalue weighted by atomic mass is 35.5. The Morgan fingerprint density at radius 2 is 2.24 bits per heavy atom. The van der Waals surface area contributed by atoms with Crippen molar-refractivity contribution in [2.45, 2.75) is 0 Å². The molecule has 0 aliphatic rings. The van der Waals surface area contributed by atoms with Gasteiger partial charge in [0.2, 0.25) is 5.91 Å². The first-order valence-electron chi connectivity index (χ1n) is 4.96. The Hall–Kier alpha value is -1.75. The number of carbonyl (C=O) groups is 1. The molecule has 0 fully saturated rings. The first-order valence-corrected chi connectivity index (χ1v) is 5.50.